The highest BCUT2D eigenvalue weighted by Crippen LogP contribution is 2.09. The molecule has 0 radical (unpaired) electrons. The van der Waals surface area contributed by atoms with Crippen molar-refractivity contribution in [2.24, 2.45) is 5.73 Å². The van der Waals surface area contributed by atoms with Crippen molar-refractivity contribution in [3.8, 4) is 0 Å². The number of hydrogen-bond donors (Lipinski definition) is 1. The first-order valence-electron chi connectivity index (χ1n) is 5.46. The zero-order valence-corrected chi connectivity index (χ0v) is 8.82. The van der Waals surface area contributed by atoms with Gasteiger partial charge in [-0.1, -0.05) is 12.1 Å². The van der Waals surface area contributed by atoms with Gasteiger partial charge in [-0.05, 0) is 37.1 Å². The molecule has 2 nitrogen and oxygen atoms in total. The van der Waals surface area contributed by atoms with Crippen LogP contribution in [0.15, 0.2) is 24.3 Å². The summed E-state index contributed by atoms with van der Waals surface area (Å²) in [5.74, 6) is -0.165. The van der Waals surface area contributed by atoms with E-state index in [0.717, 1.165) is 32.5 Å². The fourth-order valence-electron chi connectivity index (χ4n) is 2.00. The van der Waals surface area contributed by atoms with Gasteiger partial charge < -0.3 is 10.6 Å². The van der Waals surface area contributed by atoms with Crippen LogP contribution in [0.2, 0.25) is 0 Å². The summed E-state index contributed by atoms with van der Waals surface area (Å²) in [5, 5.41) is 0. The fourth-order valence-corrected chi connectivity index (χ4v) is 2.00. The molecule has 0 saturated carbocycles. The summed E-state index contributed by atoms with van der Waals surface area (Å²) in [7, 11) is 0. The lowest BCUT2D eigenvalue weighted by Crippen LogP contribution is -2.28. The molecule has 3 heteroatoms. The lowest BCUT2D eigenvalue weighted by atomic mass is 10.1. The van der Waals surface area contributed by atoms with Crippen LogP contribution in [-0.4, -0.2) is 30.6 Å². The summed E-state index contributed by atoms with van der Waals surface area (Å²) < 4.78 is 12.7. The number of halogens is 1. The molecule has 0 aliphatic carbocycles. The summed E-state index contributed by atoms with van der Waals surface area (Å²) in [6, 6.07) is 7.09. The summed E-state index contributed by atoms with van der Waals surface area (Å²) >= 11 is 0. The molecule has 82 valence electrons. The summed E-state index contributed by atoms with van der Waals surface area (Å²) in [6.45, 7) is 3.13. The first-order chi connectivity index (χ1) is 7.24. The van der Waals surface area contributed by atoms with Gasteiger partial charge in [0.1, 0.15) is 5.82 Å². The van der Waals surface area contributed by atoms with Crippen molar-refractivity contribution >= 4 is 0 Å². The van der Waals surface area contributed by atoms with E-state index in [4.69, 9.17) is 5.73 Å². The number of nitrogens with two attached hydrogens (primary N) is 1. The molecule has 1 saturated heterocycles. The monoisotopic (exact) mass is 208 g/mol. The molecule has 2 N–H and O–H groups in total. The van der Waals surface area contributed by atoms with E-state index >= 15 is 0 Å². The third-order valence-electron chi connectivity index (χ3n) is 2.94. The van der Waals surface area contributed by atoms with E-state index in [1.54, 1.807) is 0 Å². The molecule has 1 aromatic carbocycles. The topological polar surface area (TPSA) is 29.3 Å². The van der Waals surface area contributed by atoms with E-state index in [1.165, 1.54) is 17.7 Å². The lowest BCUT2D eigenvalue weighted by Gasteiger charge is -2.14. The molecule has 1 aliphatic heterocycles. The van der Waals surface area contributed by atoms with Gasteiger partial charge in [0.25, 0.3) is 0 Å². The molecule has 2 rings (SSSR count). The van der Waals surface area contributed by atoms with Crippen LogP contribution in [0.1, 0.15) is 12.0 Å². The average molecular weight is 208 g/mol. The Bertz CT molecular complexity index is 310. The Morgan fingerprint density at radius 2 is 2.07 bits per heavy atom. The van der Waals surface area contributed by atoms with E-state index in [1.807, 2.05) is 12.1 Å². The van der Waals surface area contributed by atoms with E-state index in [2.05, 4.69) is 4.90 Å². The molecule has 1 heterocycles. The van der Waals surface area contributed by atoms with Gasteiger partial charge in [0.05, 0.1) is 0 Å². The number of hydrogen-bond acceptors (Lipinski definition) is 2. The molecule has 0 amide bonds. The zero-order valence-electron chi connectivity index (χ0n) is 8.82. The summed E-state index contributed by atoms with van der Waals surface area (Å²) in [5.41, 5.74) is 7.01. The third kappa shape index (κ3) is 3.01. The minimum Gasteiger partial charge on any atom is -0.326 e. The maximum absolute atomic E-state index is 12.7. The molecule has 15 heavy (non-hydrogen) atoms. The smallest absolute Gasteiger partial charge is 0.123 e. The molecule has 0 aromatic heterocycles. The van der Waals surface area contributed by atoms with E-state index in [0.29, 0.717) is 6.04 Å². The van der Waals surface area contributed by atoms with Crippen molar-refractivity contribution in [1.82, 2.24) is 4.90 Å². The van der Waals surface area contributed by atoms with Crippen molar-refractivity contribution in [1.29, 1.82) is 0 Å². The van der Waals surface area contributed by atoms with Gasteiger partial charge in [-0.25, -0.2) is 4.39 Å². The third-order valence-corrected chi connectivity index (χ3v) is 2.94. The SMILES string of the molecule is NC1CCN(CCc2ccc(F)cc2)C1. The van der Waals surface area contributed by atoms with Crippen LogP contribution in [0.3, 0.4) is 0 Å². The second kappa shape index (κ2) is 4.73. The first kappa shape index (κ1) is 10.6. The Morgan fingerprint density at radius 3 is 2.67 bits per heavy atom. The normalized spacial score (nSPS) is 22.1. The van der Waals surface area contributed by atoms with Crippen molar-refractivity contribution < 1.29 is 4.39 Å². The van der Waals surface area contributed by atoms with Crippen LogP contribution in [0.25, 0.3) is 0 Å². The van der Waals surface area contributed by atoms with Crippen LogP contribution in [0.4, 0.5) is 4.39 Å². The highest BCUT2D eigenvalue weighted by molar-refractivity contribution is 5.16. The van der Waals surface area contributed by atoms with Crippen molar-refractivity contribution in [3.05, 3.63) is 35.6 Å². The van der Waals surface area contributed by atoms with Crippen molar-refractivity contribution in [2.75, 3.05) is 19.6 Å². The van der Waals surface area contributed by atoms with E-state index in [9.17, 15) is 4.39 Å². The van der Waals surface area contributed by atoms with Crippen LogP contribution < -0.4 is 5.73 Å². The maximum Gasteiger partial charge on any atom is 0.123 e. The highest BCUT2D eigenvalue weighted by atomic mass is 19.1. The Morgan fingerprint density at radius 1 is 1.33 bits per heavy atom. The highest BCUT2D eigenvalue weighted by Gasteiger charge is 2.17. The molecule has 0 bridgehead atoms. The van der Waals surface area contributed by atoms with Gasteiger partial charge in [-0.2, -0.15) is 0 Å². The number of nitrogens with zero attached hydrogens (tertiary/aromatic N) is 1. The van der Waals surface area contributed by atoms with Crippen molar-refractivity contribution in [3.63, 3.8) is 0 Å². The fraction of sp³-hybridized carbons (Fsp3) is 0.500. The van der Waals surface area contributed by atoms with Crippen LogP contribution >= 0.6 is 0 Å². The summed E-state index contributed by atoms with van der Waals surface area (Å²) in [4.78, 5) is 2.37. The molecule has 1 atom stereocenters. The van der Waals surface area contributed by atoms with Crippen LogP contribution in [-0.2, 0) is 6.42 Å². The van der Waals surface area contributed by atoms with Gasteiger partial charge >= 0.3 is 0 Å². The molecule has 1 aromatic rings. The van der Waals surface area contributed by atoms with Gasteiger partial charge in [-0.3, -0.25) is 0 Å². The second-order valence-electron chi connectivity index (χ2n) is 4.23. The molecular formula is C12H17FN2. The molecule has 1 unspecified atom stereocenters. The minimum absolute atomic E-state index is 0.165. The second-order valence-corrected chi connectivity index (χ2v) is 4.23. The Balaban J connectivity index is 1.80. The quantitative estimate of drug-likeness (QED) is 0.813. The standard InChI is InChI=1S/C12H17FN2/c13-11-3-1-10(2-4-11)5-7-15-8-6-12(14)9-15/h1-4,12H,5-9,14H2. The Labute approximate surface area is 89.9 Å². The summed E-state index contributed by atoms with van der Waals surface area (Å²) in [6.07, 6.45) is 2.08. The number of likely N-dealkylation sites (tertiary alicyclic amines) is 1. The predicted molar refractivity (Wildman–Crippen MR) is 59.1 cm³/mol. The first-order valence-corrected chi connectivity index (χ1v) is 5.46. The maximum atomic E-state index is 12.7. The van der Waals surface area contributed by atoms with Crippen LogP contribution in [0, 0.1) is 5.82 Å². The largest absolute Gasteiger partial charge is 0.326 e. The van der Waals surface area contributed by atoms with Crippen molar-refractivity contribution in [2.45, 2.75) is 18.9 Å². The average Bonchev–Trinajstić information content (AvgIpc) is 2.64. The molecular weight excluding hydrogens is 191 g/mol. The molecule has 0 spiro atoms. The van der Waals surface area contributed by atoms with Gasteiger partial charge in [-0.15, -0.1) is 0 Å². The van der Waals surface area contributed by atoms with Crippen LogP contribution in [0.5, 0.6) is 0 Å². The minimum atomic E-state index is -0.165. The Kier molecular flexibility index (Phi) is 3.34. The molecule has 1 fully saturated rings. The number of benzene rings is 1. The van der Waals surface area contributed by atoms with Gasteiger partial charge in [0, 0.05) is 19.1 Å². The lowest BCUT2D eigenvalue weighted by molar-refractivity contribution is 0.339. The van der Waals surface area contributed by atoms with Gasteiger partial charge in [0.15, 0.2) is 0 Å². The molecule has 1 aliphatic rings. The number of rotatable bonds is 3. The van der Waals surface area contributed by atoms with E-state index in [-0.39, 0.29) is 5.82 Å². The predicted octanol–water partition coefficient (Wildman–Crippen LogP) is 1.40. The van der Waals surface area contributed by atoms with E-state index < -0.39 is 0 Å². The van der Waals surface area contributed by atoms with Gasteiger partial charge in [0.2, 0.25) is 0 Å². The Hall–Kier alpha value is -0.930. The zero-order chi connectivity index (χ0) is 10.7.